The largest absolute Gasteiger partial charge is 0.354 e. The number of aromatic nitrogens is 2. The smallest absolute Gasteiger partial charge is 0.220 e. The summed E-state index contributed by atoms with van der Waals surface area (Å²) in [5.74, 6) is 0.0879. The van der Waals surface area contributed by atoms with Gasteiger partial charge in [-0.3, -0.25) is 9.48 Å². The summed E-state index contributed by atoms with van der Waals surface area (Å²) in [4.78, 5) is 12.0. The molecule has 0 aliphatic rings. The Morgan fingerprint density at radius 2 is 2.30 bits per heavy atom. The molecule has 1 atom stereocenters. The van der Waals surface area contributed by atoms with Gasteiger partial charge in [-0.15, -0.1) is 0 Å². The van der Waals surface area contributed by atoms with Crippen LogP contribution in [0.15, 0.2) is 35.3 Å². The molecule has 2 aromatic rings. The fraction of sp³-hybridized carbons (Fsp3) is 0.467. The maximum Gasteiger partial charge on any atom is 0.220 e. The zero-order valence-electron chi connectivity index (χ0n) is 12.2. The molecule has 2 rings (SSSR count). The van der Waals surface area contributed by atoms with E-state index < -0.39 is 0 Å². The number of hydrogen-bond acceptors (Lipinski definition) is 3. The average molecular weight is 291 g/mol. The number of rotatable bonds is 5. The number of nitrogens with one attached hydrogen (secondary N) is 1. The van der Waals surface area contributed by atoms with Crippen molar-refractivity contribution in [2.75, 3.05) is 6.54 Å². The molecule has 1 unspecified atom stereocenters. The van der Waals surface area contributed by atoms with Crippen LogP contribution in [0.4, 0.5) is 0 Å². The van der Waals surface area contributed by atoms with Gasteiger partial charge in [0.25, 0.3) is 0 Å². The third-order valence-corrected chi connectivity index (χ3v) is 3.66. The van der Waals surface area contributed by atoms with Crippen LogP contribution in [0.2, 0.25) is 0 Å². The lowest BCUT2D eigenvalue weighted by molar-refractivity contribution is -0.122. The monoisotopic (exact) mass is 291 g/mol. The van der Waals surface area contributed by atoms with E-state index in [9.17, 15) is 4.79 Å². The average Bonchev–Trinajstić information content (AvgIpc) is 2.98. The summed E-state index contributed by atoms with van der Waals surface area (Å²) in [5.41, 5.74) is 1.18. The van der Waals surface area contributed by atoms with Crippen LogP contribution in [0.1, 0.15) is 38.8 Å². The van der Waals surface area contributed by atoms with E-state index in [2.05, 4.69) is 42.6 Å². The fourth-order valence-corrected chi connectivity index (χ4v) is 2.76. The summed E-state index contributed by atoms with van der Waals surface area (Å²) in [7, 11) is 0. The molecule has 0 saturated heterocycles. The second-order valence-electron chi connectivity index (χ2n) is 6.10. The molecule has 2 heterocycles. The maximum absolute atomic E-state index is 12.0. The van der Waals surface area contributed by atoms with Gasteiger partial charge >= 0.3 is 0 Å². The molecular formula is C15H21N3OS. The van der Waals surface area contributed by atoms with Crippen LogP contribution in [0.25, 0.3) is 0 Å². The first-order valence-corrected chi connectivity index (χ1v) is 7.68. The Balaban J connectivity index is 2.01. The minimum atomic E-state index is 0.00760. The molecule has 0 aliphatic heterocycles. The van der Waals surface area contributed by atoms with Gasteiger partial charge in [-0.2, -0.15) is 16.4 Å². The van der Waals surface area contributed by atoms with Gasteiger partial charge in [-0.1, -0.05) is 20.8 Å². The van der Waals surface area contributed by atoms with E-state index in [1.165, 1.54) is 5.56 Å². The van der Waals surface area contributed by atoms with E-state index in [0.717, 1.165) is 0 Å². The zero-order valence-corrected chi connectivity index (χ0v) is 13.0. The second kappa shape index (κ2) is 6.22. The van der Waals surface area contributed by atoms with Gasteiger partial charge in [0.2, 0.25) is 5.91 Å². The molecule has 108 valence electrons. The van der Waals surface area contributed by atoms with Crippen molar-refractivity contribution < 1.29 is 4.79 Å². The summed E-state index contributed by atoms with van der Waals surface area (Å²) in [6.45, 7) is 6.76. The molecule has 20 heavy (non-hydrogen) atoms. The molecule has 5 heteroatoms. The molecule has 0 bridgehead atoms. The number of hydrogen-bond donors (Lipinski definition) is 1. The molecule has 1 N–H and O–H groups in total. The highest BCUT2D eigenvalue weighted by molar-refractivity contribution is 7.07. The number of carbonyl (C=O) groups is 1. The Hall–Kier alpha value is -1.62. The lowest BCUT2D eigenvalue weighted by Gasteiger charge is -2.20. The Kier molecular flexibility index (Phi) is 4.60. The number of thiophene rings is 1. The molecule has 0 spiro atoms. The van der Waals surface area contributed by atoms with Gasteiger partial charge in [0.15, 0.2) is 0 Å². The van der Waals surface area contributed by atoms with Crippen molar-refractivity contribution in [2.24, 2.45) is 5.41 Å². The van der Waals surface area contributed by atoms with E-state index in [1.54, 1.807) is 17.5 Å². The zero-order chi connectivity index (χ0) is 14.6. The summed E-state index contributed by atoms with van der Waals surface area (Å²) in [6, 6.07) is 4.03. The van der Waals surface area contributed by atoms with Crippen molar-refractivity contribution in [3.8, 4) is 0 Å². The summed E-state index contributed by atoms with van der Waals surface area (Å²) in [6.07, 6.45) is 4.22. The van der Waals surface area contributed by atoms with Crippen molar-refractivity contribution in [2.45, 2.75) is 33.2 Å². The minimum absolute atomic E-state index is 0.00760. The van der Waals surface area contributed by atoms with E-state index in [4.69, 9.17) is 0 Å². The SMILES string of the molecule is CC(C)(C)CC(=O)NCC(c1ccsc1)n1cccn1. The van der Waals surface area contributed by atoms with Crippen LogP contribution in [0.3, 0.4) is 0 Å². The second-order valence-corrected chi connectivity index (χ2v) is 6.88. The van der Waals surface area contributed by atoms with Crippen LogP contribution in [-0.2, 0) is 4.79 Å². The van der Waals surface area contributed by atoms with Gasteiger partial charge in [0, 0.05) is 25.4 Å². The van der Waals surface area contributed by atoms with Crippen molar-refractivity contribution in [3.05, 3.63) is 40.8 Å². The molecular weight excluding hydrogens is 270 g/mol. The predicted octanol–water partition coefficient (Wildman–Crippen LogP) is 3.09. The van der Waals surface area contributed by atoms with E-state index in [0.29, 0.717) is 13.0 Å². The lowest BCUT2D eigenvalue weighted by atomic mass is 9.92. The van der Waals surface area contributed by atoms with Crippen LogP contribution in [0.5, 0.6) is 0 Å². The molecule has 0 aromatic carbocycles. The Bertz CT molecular complexity index is 492. The van der Waals surface area contributed by atoms with Gasteiger partial charge in [0.1, 0.15) is 0 Å². The summed E-state index contributed by atoms with van der Waals surface area (Å²) >= 11 is 1.66. The summed E-state index contributed by atoms with van der Waals surface area (Å²) < 4.78 is 1.89. The fourth-order valence-electron chi connectivity index (χ4n) is 2.05. The van der Waals surface area contributed by atoms with Gasteiger partial charge in [-0.05, 0) is 33.9 Å². The molecule has 1 amide bonds. The van der Waals surface area contributed by atoms with Crippen molar-refractivity contribution in [1.82, 2.24) is 15.1 Å². The number of amides is 1. The lowest BCUT2D eigenvalue weighted by Crippen LogP contribution is -2.33. The molecule has 0 radical (unpaired) electrons. The number of carbonyl (C=O) groups excluding carboxylic acids is 1. The minimum Gasteiger partial charge on any atom is -0.354 e. The van der Waals surface area contributed by atoms with Crippen molar-refractivity contribution in [3.63, 3.8) is 0 Å². The number of nitrogens with zero attached hydrogens (tertiary/aromatic N) is 2. The first-order chi connectivity index (χ1) is 9.46. The first kappa shape index (κ1) is 14.8. The van der Waals surface area contributed by atoms with Crippen molar-refractivity contribution in [1.29, 1.82) is 0 Å². The molecule has 2 aromatic heterocycles. The predicted molar refractivity (Wildman–Crippen MR) is 81.8 cm³/mol. The quantitative estimate of drug-likeness (QED) is 0.920. The third kappa shape index (κ3) is 4.20. The van der Waals surface area contributed by atoms with Crippen LogP contribution < -0.4 is 5.32 Å². The topological polar surface area (TPSA) is 46.9 Å². The summed E-state index contributed by atoms with van der Waals surface area (Å²) in [5, 5.41) is 11.5. The molecule has 0 aliphatic carbocycles. The molecule has 4 nitrogen and oxygen atoms in total. The maximum atomic E-state index is 12.0. The Morgan fingerprint density at radius 3 is 2.85 bits per heavy atom. The van der Waals surface area contributed by atoms with Crippen LogP contribution >= 0.6 is 11.3 Å². The van der Waals surface area contributed by atoms with Crippen molar-refractivity contribution >= 4 is 17.2 Å². The third-order valence-electron chi connectivity index (χ3n) is 2.96. The normalized spacial score (nSPS) is 13.2. The first-order valence-electron chi connectivity index (χ1n) is 6.74. The molecule has 0 fully saturated rings. The van der Waals surface area contributed by atoms with E-state index in [-0.39, 0.29) is 17.4 Å². The van der Waals surface area contributed by atoms with Gasteiger partial charge < -0.3 is 5.32 Å². The van der Waals surface area contributed by atoms with E-state index in [1.807, 2.05) is 22.3 Å². The Morgan fingerprint density at radius 1 is 1.50 bits per heavy atom. The van der Waals surface area contributed by atoms with Gasteiger partial charge in [-0.25, -0.2) is 0 Å². The standard InChI is InChI=1S/C15H21N3OS/c1-15(2,3)9-14(19)16-10-13(12-5-8-20-11-12)18-7-4-6-17-18/h4-8,11,13H,9-10H2,1-3H3,(H,16,19). The van der Waals surface area contributed by atoms with E-state index >= 15 is 0 Å². The van der Waals surface area contributed by atoms with Crippen LogP contribution in [0, 0.1) is 5.41 Å². The highest BCUT2D eigenvalue weighted by atomic mass is 32.1. The molecule has 0 saturated carbocycles. The Labute approximate surface area is 123 Å². The highest BCUT2D eigenvalue weighted by Gasteiger charge is 2.19. The van der Waals surface area contributed by atoms with Crippen LogP contribution in [-0.4, -0.2) is 22.2 Å². The highest BCUT2D eigenvalue weighted by Crippen LogP contribution is 2.21. The van der Waals surface area contributed by atoms with Gasteiger partial charge in [0.05, 0.1) is 6.04 Å².